The number of nitrogens with one attached hydrogen (secondary N) is 1. The Labute approximate surface area is 155 Å². The van der Waals surface area contributed by atoms with Crippen LogP contribution < -0.4 is 10.1 Å². The predicted octanol–water partition coefficient (Wildman–Crippen LogP) is 5.90. The Bertz CT molecular complexity index is 676. The Kier molecular flexibility index (Phi) is 6.96. The van der Waals surface area contributed by atoms with Crippen molar-refractivity contribution >= 4 is 11.6 Å². The first-order valence-electron chi connectivity index (χ1n) is 9.14. The summed E-state index contributed by atoms with van der Waals surface area (Å²) in [5.74, 6) is 0.895. The van der Waals surface area contributed by atoms with E-state index in [0.717, 1.165) is 29.4 Å². The van der Waals surface area contributed by atoms with Crippen LogP contribution in [0.5, 0.6) is 5.75 Å². The summed E-state index contributed by atoms with van der Waals surface area (Å²) in [6.07, 6.45) is 8.90. The van der Waals surface area contributed by atoms with Gasteiger partial charge in [-0.15, -0.1) is 0 Å². The van der Waals surface area contributed by atoms with Gasteiger partial charge in [-0.1, -0.05) is 47.5 Å². The van der Waals surface area contributed by atoms with Gasteiger partial charge in [-0.2, -0.15) is 0 Å². The van der Waals surface area contributed by atoms with E-state index < -0.39 is 0 Å². The summed E-state index contributed by atoms with van der Waals surface area (Å²) in [6, 6.07) is 16.1. The highest BCUT2D eigenvalue weighted by molar-refractivity contribution is 6.30. The highest BCUT2D eigenvalue weighted by Crippen LogP contribution is 2.19. The number of hydrogen-bond donors (Lipinski definition) is 1. The van der Waals surface area contributed by atoms with Crippen molar-refractivity contribution in [3.63, 3.8) is 0 Å². The molecule has 0 radical (unpaired) electrons. The highest BCUT2D eigenvalue weighted by Gasteiger charge is 2.03. The van der Waals surface area contributed by atoms with Gasteiger partial charge in [-0.05, 0) is 74.0 Å². The maximum atomic E-state index is 5.89. The fraction of sp³-hybridized carbons (Fsp3) is 0.364. The minimum Gasteiger partial charge on any atom is -0.489 e. The van der Waals surface area contributed by atoms with Gasteiger partial charge in [0, 0.05) is 11.6 Å². The number of hydrogen-bond acceptors (Lipinski definition) is 2. The number of allylic oxidation sites excluding steroid dienone is 1. The first kappa shape index (κ1) is 18.0. The largest absolute Gasteiger partial charge is 0.489 e. The van der Waals surface area contributed by atoms with Crippen molar-refractivity contribution in [1.82, 2.24) is 5.32 Å². The minimum absolute atomic E-state index is 0.559. The maximum absolute atomic E-state index is 5.89. The molecule has 1 aliphatic carbocycles. The lowest BCUT2D eigenvalue weighted by molar-refractivity contribution is 0.306. The molecule has 1 aliphatic rings. The quantitative estimate of drug-likeness (QED) is 0.470. The molecule has 3 heteroatoms. The summed E-state index contributed by atoms with van der Waals surface area (Å²) in [5, 5.41) is 4.29. The molecule has 3 rings (SSSR count). The molecule has 1 N–H and O–H groups in total. The van der Waals surface area contributed by atoms with Crippen molar-refractivity contribution in [2.75, 3.05) is 6.54 Å². The van der Waals surface area contributed by atoms with Crippen LogP contribution >= 0.6 is 11.6 Å². The normalized spacial score (nSPS) is 14.2. The summed E-state index contributed by atoms with van der Waals surface area (Å²) in [6.45, 7) is 2.52. The van der Waals surface area contributed by atoms with Crippen LogP contribution in [0.3, 0.4) is 0 Å². The third-order valence-corrected chi connectivity index (χ3v) is 4.83. The maximum Gasteiger partial charge on any atom is 0.119 e. The van der Waals surface area contributed by atoms with Crippen LogP contribution in [0.15, 0.2) is 60.2 Å². The average molecular weight is 356 g/mol. The van der Waals surface area contributed by atoms with E-state index in [1.54, 1.807) is 5.57 Å². The first-order valence-corrected chi connectivity index (χ1v) is 9.52. The van der Waals surface area contributed by atoms with Gasteiger partial charge in [0.25, 0.3) is 0 Å². The van der Waals surface area contributed by atoms with Crippen molar-refractivity contribution in [1.29, 1.82) is 0 Å². The summed E-state index contributed by atoms with van der Waals surface area (Å²) in [4.78, 5) is 0. The van der Waals surface area contributed by atoms with Crippen LogP contribution in [-0.2, 0) is 13.2 Å². The molecular formula is C22H26ClNO. The monoisotopic (exact) mass is 355 g/mol. The van der Waals surface area contributed by atoms with Crippen LogP contribution in [-0.4, -0.2) is 6.54 Å². The molecule has 0 atom stereocenters. The highest BCUT2D eigenvalue weighted by atomic mass is 35.5. The van der Waals surface area contributed by atoms with Crippen molar-refractivity contribution < 1.29 is 4.74 Å². The molecule has 0 aromatic heterocycles. The third-order valence-electron chi connectivity index (χ3n) is 4.58. The predicted molar refractivity (Wildman–Crippen MR) is 105 cm³/mol. The van der Waals surface area contributed by atoms with Crippen molar-refractivity contribution in [2.24, 2.45) is 0 Å². The third kappa shape index (κ3) is 6.22. The SMILES string of the molecule is Clc1ccc(COc2ccc(CNCCC3=CCCCC3)cc2)cc1. The number of rotatable bonds is 8. The van der Waals surface area contributed by atoms with Crippen LogP contribution in [0.4, 0.5) is 0 Å². The summed E-state index contributed by atoms with van der Waals surface area (Å²) >= 11 is 5.89. The van der Waals surface area contributed by atoms with Crippen LogP contribution in [0.25, 0.3) is 0 Å². The molecule has 0 saturated heterocycles. The van der Waals surface area contributed by atoms with Gasteiger partial charge >= 0.3 is 0 Å². The van der Waals surface area contributed by atoms with Gasteiger partial charge < -0.3 is 10.1 Å². The minimum atomic E-state index is 0.559. The van der Waals surface area contributed by atoms with E-state index in [1.807, 2.05) is 36.4 Å². The van der Waals surface area contributed by atoms with Crippen LogP contribution in [0.2, 0.25) is 5.02 Å². The summed E-state index contributed by atoms with van der Waals surface area (Å²) in [7, 11) is 0. The Morgan fingerprint density at radius 1 is 0.920 bits per heavy atom. The average Bonchev–Trinajstić information content (AvgIpc) is 2.67. The molecule has 0 aliphatic heterocycles. The fourth-order valence-corrected chi connectivity index (χ4v) is 3.19. The van der Waals surface area contributed by atoms with E-state index in [9.17, 15) is 0 Å². The summed E-state index contributed by atoms with van der Waals surface area (Å²) in [5.41, 5.74) is 4.04. The molecule has 2 aromatic rings. The van der Waals surface area contributed by atoms with E-state index >= 15 is 0 Å². The van der Waals surface area contributed by atoms with Gasteiger partial charge in [0.05, 0.1) is 0 Å². The van der Waals surface area contributed by atoms with Gasteiger partial charge in [0.15, 0.2) is 0 Å². The zero-order valence-electron chi connectivity index (χ0n) is 14.6. The molecule has 2 nitrogen and oxygen atoms in total. The van der Waals surface area contributed by atoms with Crippen molar-refractivity contribution in [3.8, 4) is 5.75 Å². The zero-order valence-corrected chi connectivity index (χ0v) is 15.4. The second-order valence-electron chi connectivity index (χ2n) is 6.59. The molecule has 0 spiro atoms. The van der Waals surface area contributed by atoms with E-state index in [0.29, 0.717) is 6.61 Å². The Hall–Kier alpha value is -1.77. The zero-order chi connectivity index (χ0) is 17.3. The second-order valence-corrected chi connectivity index (χ2v) is 7.03. The molecular weight excluding hydrogens is 330 g/mol. The first-order chi connectivity index (χ1) is 12.3. The number of halogens is 1. The van der Waals surface area contributed by atoms with Gasteiger partial charge in [-0.25, -0.2) is 0 Å². The number of ether oxygens (including phenoxy) is 1. The molecule has 132 valence electrons. The standard InChI is InChI=1S/C22H26ClNO/c23-21-10-6-20(7-11-21)17-25-22-12-8-19(9-13-22)16-24-15-14-18-4-2-1-3-5-18/h4,6-13,24H,1-3,5,14-17H2. The van der Waals surface area contributed by atoms with E-state index in [1.165, 1.54) is 37.7 Å². The molecule has 25 heavy (non-hydrogen) atoms. The smallest absolute Gasteiger partial charge is 0.119 e. The van der Waals surface area contributed by atoms with Crippen molar-refractivity contribution in [2.45, 2.75) is 45.3 Å². The summed E-state index contributed by atoms with van der Waals surface area (Å²) < 4.78 is 5.82. The lowest BCUT2D eigenvalue weighted by Gasteiger charge is -2.13. The molecule has 2 aromatic carbocycles. The Morgan fingerprint density at radius 2 is 1.68 bits per heavy atom. The second kappa shape index (κ2) is 9.65. The van der Waals surface area contributed by atoms with E-state index in [-0.39, 0.29) is 0 Å². The van der Waals surface area contributed by atoms with Crippen LogP contribution in [0.1, 0.15) is 43.2 Å². The molecule has 0 bridgehead atoms. The molecule has 0 amide bonds. The van der Waals surface area contributed by atoms with Crippen molar-refractivity contribution in [3.05, 3.63) is 76.3 Å². The Balaban J connectivity index is 1.38. The van der Waals surface area contributed by atoms with Crippen LogP contribution in [0, 0.1) is 0 Å². The van der Waals surface area contributed by atoms with E-state index in [2.05, 4.69) is 23.5 Å². The number of benzene rings is 2. The molecule has 0 heterocycles. The molecule has 0 saturated carbocycles. The lowest BCUT2D eigenvalue weighted by atomic mass is 9.97. The van der Waals surface area contributed by atoms with Gasteiger partial charge in [0.2, 0.25) is 0 Å². The lowest BCUT2D eigenvalue weighted by Crippen LogP contribution is -2.15. The van der Waals surface area contributed by atoms with E-state index in [4.69, 9.17) is 16.3 Å². The topological polar surface area (TPSA) is 21.3 Å². The molecule has 0 fully saturated rings. The molecule has 0 unspecified atom stereocenters. The van der Waals surface area contributed by atoms with Gasteiger partial charge in [-0.3, -0.25) is 0 Å². The fourth-order valence-electron chi connectivity index (χ4n) is 3.06. The van der Waals surface area contributed by atoms with Gasteiger partial charge in [0.1, 0.15) is 12.4 Å². The Morgan fingerprint density at radius 3 is 2.40 bits per heavy atom.